The second kappa shape index (κ2) is 13.4. The Kier molecular flexibility index (Phi) is 10.2. The molecule has 10 nitrogen and oxygen atoms in total. The standard InChI is InChI=1S/C23H28N4O6/c1-30-18-10-8-16(20(12-18)32-3)14-24-26-22(28)6-5-7-23(29)27-25-15-17-9-11-19(31-2)13-21(17)33-4/h8-15H,5-7H2,1-4H3,(H,26,28)(H,27,29)/b24-14+,25-15+. The van der Waals surface area contributed by atoms with Crippen LogP contribution in [0.1, 0.15) is 30.4 Å². The highest BCUT2D eigenvalue weighted by molar-refractivity contribution is 5.86. The topological polar surface area (TPSA) is 120 Å². The summed E-state index contributed by atoms with van der Waals surface area (Å²) in [7, 11) is 6.20. The zero-order valence-electron chi connectivity index (χ0n) is 19.1. The van der Waals surface area contributed by atoms with E-state index >= 15 is 0 Å². The van der Waals surface area contributed by atoms with Crippen molar-refractivity contribution in [2.45, 2.75) is 19.3 Å². The number of carbonyl (C=O) groups excluding carboxylic acids is 2. The van der Waals surface area contributed by atoms with Crippen LogP contribution in [-0.4, -0.2) is 52.7 Å². The van der Waals surface area contributed by atoms with Gasteiger partial charge in [-0.1, -0.05) is 0 Å². The fraction of sp³-hybridized carbons (Fsp3) is 0.304. The Morgan fingerprint density at radius 2 is 1.15 bits per heavy atom. The summed E-state index contributed by atoms with van der Waals surface area (Å²) in [6.07, 6.45) is 3.58. The second-order valence-electron chi connectivity index (χ2n) is 6.66. The Bertz CT molecular complexity index is 927. The van der Waals surface area contributed by atoms with Gasteiger partial charge in [-0.2, -0.15) is 10.2 Å². The van der Waals surface area contributed by atoms with E-state index in [1.807, 2.05) is 0 Å². The molecule has 0 unspecified atom stereocenters. The third-order valence-corrected chi connectivity index (χ3v) is 4.47. The quantitative estimate of drug-likeness (QED) is 0.374. The lowest BCUT2D eigenvalue weighted by molar-refractivity contribution is -0.122. The molecule has 2 N–H and O–H groups in total. The van der Waals surface area contributed by atoms with Crippen molar-refractivity contribution >= 4 is 24.2 Å². The molecule has 0 aliphatic heterocycles. The number of benzene rings is 2. The molecule has 33 heavy (non-hydrogen) atoms. The van der Waals surface area contributed by atoms with E-state index in [9.17, 15) is 9.59 Å². The number of methoxy groups -OCH3 is 4. The summed E-state index contributed by atoms with van der Waals surface area (Å²) in [5.41, 5.74) is 6.23. The van der Waals surface area contributed by atoms with Gasteiger partial charge in [0, 0.05) is 36.1 Å². The normalized spacial score (nSPS) is 10.8. The second-order valence-corrected chi connectivity index (χ2v) is 6.66. The van der Waals surface area contributed by atoms with Crippen molar-refractivity contribution in [1.82, 2.24) is 10.9 Å². The van der Waals surface area contributed by atoms with E-state index in [2.05, 4.69) is 21.1 Å². The van der Waals surface area contributed by atoms with E-state index in [1.54, 1.807) is 50.6 Å². The first-order chi connectivity index (χ1) is 16.0. The number of hydrazone groups is 2. The highest BCUT2D eigenvalue weighted by Crippen LogP contribution is 2.23. The molecule has 0 aromatic heterocycles. The van der Waals surface area contributed by atoms with Crippen LogP contribution >= 0.6 is 0 Å². The van der Waals surface area contributed by atoms with Crippen LogP contribution in [0.15, 0.2) is 46.6 Å². The molecule has 0 aliphatic rings. The van der Waals surface area contributed by atoms with Gasteiger partial charge < -0.3 is 18.9 Å². The van der Waals surface area contributed by atoms with Crippen molar-refractivity contribution in [3.8, 4) is 23.0 Å². The third-order valence-electron chi connectivity index (χ3n) is 4.47. The molecule has 0 radical (unpaired) electrons. The number of rotatable bonds is 12. The number of hydrogen-bond acceptors (Lipinski definition) is 8. The Morgan fingerprint density at radius 3 is 1.52 bits per heavy atom. The first-order valence-corrected chi connectivity index (χ1v) is 10.1. The minimum atomic E-state index is -0.307. The van der Waals surface area contributed by atoms with Crippen molar-refractivity contribution < 1.29 is 28.5 Å². The average Bonchev–Trinajstić information content (AvgIpc) is 2.84. The van der Waals surface area contributed by atoms with E-state index in [-0.39, 0.29) is 24.7 Å². The zero-order valence-corrected chi connectivity index (χ0v) is 19.1. The van der Waals surface area contributed by atoms with Crippen LogP contribution < -0.4 is 29.8 Å². The van der Waals surface area contributed by atoms with Gasteiger partial charge in [0.2, 0.25) is 11.8 Å². The largest absolute Gasteiger partial charge is 0.497 e. The molecule has 2 amide bonds. The summed E-state index contributed by atoms with van der Waals surface area (Å²) >= 11 is 0. The molecule has 0 heterocycles. The molecular formula is C23H28N4O6. The first-order valence-electron chi connectivity index (χ1n) is 10.1. The number of nitrogens with zero attached hydrogens (tertiary/aromatic N) is 2. The van der Waals surface area contributed by atoms with Gasteiger partial charge >= 0.3 is 0 Å². The van der Waals surface area contributed by atoms with Crippen LogP contribution in [0.3, 0.4) is 0 Å². The Morgan fingerprint density at radius 1 is 0.727 bits per heavy atom. The zero-order chi connectivity index (χ0) is 24.1. The van der Waals surface area contributed by atoms with Gasteiger partial charge in [0.1, 0.15) is 23.0 Å². The molecule has 0 saturated heterocycles. The molecular weight excluding hydrogens is 428 g/mol. The molecule has 2 aromatic carbocycles. The van der Waals surface area contributed by atoms with Gasteiger partial charge in [-0.15, -0.1) is 0 Å². The van der Waals surface area contributed by atoms with Crippen LogP contribution in [-0.2, 0) is 9.59 Å². The summed E-state index contributed by atoms with van der Waals surface area (Å²) in [6.45, 7) is 0. The average molecular weight is 456 g/mol. The van der Waals surface area contributed by atoms with Crippen molar-refractivity contribution in [2.75, 3.05) is 28.4 Å². The molecule has 0 bridgehead atoms. The summed E-state index contributed by atoms with van der Waals surface area (Å²) in [4.78, 5) is 23.9. The van der Waals surface area contributed by atoms with Crippen LogP contribution in [0, 0.1) is 0 Å². The van der Waals surface area contributed by atoms with Gasteiger partial charge in [-0.05, 0) is 30.7 Å². The van der Waals surface area contributed by atoms with Crippen molar-refractivity contribution in [1.29, 1.82) is 0 Å². The predicted molar refractivity (Wildman–Crippen MR) is 124 cm³/mol. The Hall–Kier alpha value is -4.08. The van der Waals surface area contributed by atoms with Crippen LogP contribution in [0.4, 0.5) is 0 Å². The molecule has 2 aromatic rings. The van der Waals surface area contributed by atoms with E-state index < -0.39 is 0 Å². The predicted octanol–water partition coefficient (Wildman–Crippen LogP) is 2.49. The van der Waals surface area contributed by atoms with Crippen LogP contribution in [0.5, 0.6) is 23.0 Å². The lowest BCUT2D eigenvalue weighted by Crippen LogP contribution is -2.20. The smallest absolute Gasteiger partial charge is 0.240 e. The molecule has 0 aliphatic carbocycles. The fourth-order valence-electron chi connectivity index (χ4n) is 2.72. The molecule has 0 saturated carbocycles. The Balaban J connectivity index is 1.73. The molecule has 10 heteroatoms. The van der Waals surface area contributed by atoms with Gasteiger partial charge in [-0.3, -0.25) is 9.59 Å². The highest BCUT2D eigenvalue weighted by Gasteiger charge is 2.06. The van der Waals surface area contributed by atoms with E-state index in [1.165, 1.54) is 26.6 Å². The van der Waals surface area contributed by atoms with Crippen molar-refractivity contribution in [3.05, 3.63) is 47.5 Å². The number of nitrogens with one attached hydrogen (secondary N) is 2. The minimum absolute atomic E-state index is 0.139. The maximum absolute atomic E-state index is 11.9. The number of ether oxygens (including phenoxy) is 4. The molecule has 2 rings (SSSR count). The lowest BCUT2D eigenvalue weighted by atomic mass is 10.2. The maximum Gasteiger partial charge on any atom is 0.240 e. The van der Waals surface area contributed by atoms with Crippen molar-refractivity contribution in [3.63, 3.8) is 0 Å². The van der Waals surface area contributed by atoms with Crippen LogP contribution in [0.25, 0.3) is 0 Å². The number of carbonyl (C=O) groups is 2. The maximum atomic E-state index is 11.9. The number of hydrogen-bond donors (Lipinski definition) is 2. The summed E-state index contributed by atoms with van der Waals surface area (Å²) in [5.74, 6) is 1.82. The van der Waals surface area contributed by atoms with Gasteiger partial charge in [0.25, 0.3) is 0 Å². The molecule has 176 valence electrons. The van der Waals surface area contributed by atoms with E-state index in [0.717, 1.165) is 0 Å². The van der Waals surface area contributed by atoms with E-state index in [0.29, 0.717) is 40.5 Å². The molecule has 0 spiro atoms. The molecule has 0 fully saturated rings. The van der Waals surface area contributed by atoms with Crippen molar-refractivity contribution in [2.24, 2.45) is 10.2 Å². The minimum Gasteiger partial charge on any atom is -0.497 e. The fourth-order valence-corrected chi connectivity index (χ4v) is 2.72. The monoisotopic (exact) mass is 456 g/mol. The van der Waals surface area contributed by atoms with Gasteiger partial charge in [-0.25, -0.2) is 10.9 Å². The third kappa shape index (κ3) is 8.17. The highest BCUT2D eigenvalue weighted by atomic mass is 16.5. The first kappa shape index (κ1) is 25.2. The number of amides is 2. The van der Waals surface area contributed by atoms with Gasteiger partial charge in [0.05, 0.1) is 40.9 Å². The van der Waals surface area contributed by atoms with Gasteiger partial charge in [0.15, 0.2) is 0 Å². The molecule has 0 atom stereocenters. The Labute approximate surface area is 192 Å². The SMILES string of the molecule is COc1ccc(/C=N/NC(=O)CCCC(=O)N/N=C/c2ccc(OC)cc2OC)c(OC)c1. The summed E-state index contributed by atoms with van der Waals surface area (Å²) in [5, 5.41) is 7.85. The summed E-state index contributed by atoms with van der Waals surface area (Å²) < 4.78 is 20.8. The summed E-state index contributed by atoms with van der Waals surface area (Å²) in [6, 6.07) is 10.5. The van der Waals surface area contributed by atoms with Crippen LogP contribution in [0.2, 0.25) is 0 Å². The van der Waals surface area contributed by atoms with E-state index in [4.69, 9.17) is 18.9 Å². The lowest BCUT2D eigenvalue weighted by Gasteiger charge is -2.07.